The van der Waals surface area contributed by atoms with Crippen LogP contribution in [0.2, 0.25) is 0 Å². The Kier molecular flexibility index (Phi) is 12.4. The number of urea groups is 1. The number of imidazole rings is 1. The number of amides is 3. The summed E-state index contributed by atoms with van der Waals surface area (Å²) < 4.78 is 104. The number of hydrogen-bond acceptors (Lipinski definition) is 10. The summed E-state index contributed by atoms with van der Waals surface area (Å²) in [5.74, 6) is -1.20. The summed E-state index contributed by atoms with van der Waals surface area (Å²) in [6.07, 6.45) is 10.8. The number of hydrogen-bond donors (Lipinski definition) is 2. The molecule has 3 aromatic rings. The first-order valence-corrected chi connectivity index (χ1v) is 24.8. The number of halogens is 3. The number of carbonyl (C=O) groups excluding carboxylic acids is 2. The van der Waals surface area contributed by atoms with Gasteiger partial charge in [0.05, 0.1) is 22.8 Å². The Labute approximate surface area is 360 Å². The van der Waals surface area contributed by atoms with Gasteiger partial charge in [-0.2, -0.15) is 0 Å². The van der Waals surface area contributed by atoms with E-state index in [-0.39, 0.29) is 61.4 Å². The van der Waals surface area contributed by atoms with Crippen molar-refractivity contribution in [2.75, 3.05) is 70.6 Å². The minimum atomic E-state index is -4.21. The van der Waals surface area contributed by atoms with Crippen molar-refractivity contribution in [3.63, 3.8) is 0 Å². The zero-order valence-corrected chi connectivity index (χ0v) is 36.6. The van der Waals surface area contributed by atoms with Crippen molar-refractivity contribution < 1.29 is 44.3 Å². The average Bonchev–Trinajstić information content (AvgIpc) is 3.86. The van der Waals surface area contributed by atoms with Crippen molar-refractivity contribution in [2.45, 2.75) is 73.1 Å². The fraction of sp³-hybridized carbons (Fsp3) is 0.558. The molecule has 4 atom stereocenters. The molecule has 5 heterocycles. The summed E-state index contributed by atoms with van der Waals surface area (Å²) in [5.41, 5.74) is 0.823. The SMILES string of the molecule is COC(=O)N[C@H]1CCC[C@@H]1[C@@]1(C2CCN(CC3CN(c4c(F)cc(S(=O)(=O)[C@@H]5CCCN(C(=O)NC/C=C/S(C)(=O)=O)C5)cc4F)C3)CC2)c2cc(F)cc(c2)Cc2nccn21. The molecule has 3 amide bonds. The number of sulfone groups is 2. The molecule has 1 aromatic heterocycles. The van der Waals surface area contributed by atoms with Gasteiger partial charge in [0.25, 0.3) is 0 Å². The molecule has 2 N–H and O–H groups in total. The monoisotopic (exact) mass is 901 g/mol. The van der Waals surface area contributed by atoms with Crippen LogP contribution in [0.3, 0.4) is 0 Å². The van der Waals surface area contributed by atoms with E-state index in [0.717, 1.165) is 85.9 Å². The molecule has 4 aliphatic heterocycles. The number of likely N-dealkylation sites (tertiary alicyclic amines) is 2. The van der Waals surface area contributed by atoms with Crippen molar-refractivity contribution in [1.82, 2.24) is 30.0 Å². The molecule has 2 bridgehead atoms. The zero-order chi connectivity index (χ0) is 44.0. The van der Waals surface area contributed by atoms with E-state index in [1.807, 2.05) is 6.20 Å². The zero-order valence-electron chi connectivity index (χ0n) is 34.9. The van der Waals surface area contributed by atoms with Gasteiger partial charge >= 0.3 is 12.1 Å². The van der Waals surface area contributed by atoms with E-state index < -0.39 is 59.1 Å². The van der Waals surface area contributed by atoms with Gasteiger partial charge in [0.15, 0.2) is 31.3 Å². The fourth-order valence-electron chi connectivity index (χ4n) is 11.0. The highest BCUT2D eigenvalue weighted by Gasteiger charge is 2.55. The van der Waals surface area contributed by atoms with Crippen LogP contribution in [0.15, 0.2) is 59.1 Å². The predicted octanol–water partition coefficient (Wildman–Crippen LogP) is 4.83. The van der Waals surface area contributed by atoms with E-state index in [4.69, 9.17) is 9.72 Å². The minimum absolute atomic E-state index is 0.0430. The number of nitrogens with one attached hydrogen (secondary N) is 2. The van der Waals surface area contributed by atoms with Gasteiger partial charge in [0, 0.05) is 87.6 Å². The van der Waals surface area contributed by atoms with E-state index in [0.29, 0.717) is 32.5 Å². The molecule has 19 heteroatoms. The van der Waals surface area contributed by atoms with Gasteiger partial charge in [-0.05, 0) is 92.9 Å². The molecule has 8 rings (SSSR count). The molecule has 0 radical (unpaired) electrons. The van der Waals surface area contributed by atoms with Gasteiger partial charge in [-0.3, -0.25) is 0 Å². The number of methoxy groups -OCH3 is 1. The van der Waals surface area contributed by atoms with Crippen LogP contribution in [0.25, 0.3) is 0 Å². The van der Waals surface area contributed by atoms with Crippen LogP contribution >= 0.6 is 0 Å². The van der Waals surface area contributed by atoms with E-state index in [2.05, 4.69) is 26.2 Å². The normalized spacial score (nSPS) is 25.0. The van der Waals surface area contributed by atoms with Gasteiger partial charge in [-0.1, -0.05) is 18.6 Å². The van der Waals surface area contributed by atoms with Gasteiger partial charge in [-0.15, -0.1) is 0 Å². The maximum absolute atomic E-state index is 15.7. The third kappa shape index (κ3) is 8.68. The highest BCUT2D eigenvalue weighted by Crippen LogP contribution is 2.53. The second-order valence-corrected chi connectivity index (χ2v) is 21.7. The number of benzene rings is 2. The molecule has 0 spiro atoms. The first-order valence-electron chi connectivity index (χ1n) is 21.3. The molecular formula is C43H54F3N7O7S2. The maximum atomic E-state index is 15.7. The highest BCUT2D eigenvalue weighted by molar-refractivity contribution is 7.93. The number of alkyl carbamates (subject to hydrolysis) is 1. The summed E-state index contributed by atoms with van der Waals surface area (Å²) >= 11 is 0. The lowest BCUT2D eigenvalue weighted by Crippen LogP contribution is -2.58. The number of anilines is 1. The third-order valence-corrected chi connectivity index (χ3v) is 16.4. The lowest BCUT2D eigenvalue weighted by atomic mass is 9.64. The van der Waals surface area contributed by atoms with Crippen molar-refractivity contribution in [2.24, 2.45) is 17.8 Å². The summed E-state index contributed by atoms with van der Waals surface area (Å²) in [4.78, 5) is 34.8. The molecule has 336 valence electrons. The molecular weight excluding hydrogens is 848 g/mol. The predicted molar refractivity (Wildman–Crippen MR) is 226 cm³/mol. The number of aromatic nitrogens is 2. The molecule has 1 saturated carbocycles. The Morgan fingerprint density at radius 1 is 0.935 bits per heavy atom. The van der Waals surface area contributed by atoms with Crippen molar-refractivity contribution >= 4 is 37.5 Å². The summed E-state index contributed by atoms with van der Waals surface area (Å²) in [6.45, 7) is 3.04. The number of ether oxygens (including phenoxy) is 1. The molecule has 14 nitrogen and oxygen atoms in total. The molecule has 3 saturated heterocycles. The summed E-state index contributed by atoms with van der Waals surface area (Å²) in [6, 6.07) is 6.32. The van der Waals surface area contributed by atoms with Crippen molar-refractivity contribution in [1.29, 1.82) is 0 Å². The number of carbonyl (C=O) groups is 2. The van der Waals surface area contributed by atoms with Crippen LogP contribution in [-0.4, -0.2) is 125 Å². The Balaban J connectivity index is 0.914. The Morgan fingerprint density at radius 3 is 2.39 bits per heavy atom. The van der Waals surface area contributed by atoms with Crippen LogP contribution in [-0.2, 0) is 36.4 Å². The van der Waals surface area contributed by atoms with Crippen molar-refractivity contribution in [3.05, 3.63) is 88.6 Å². The number of nitrogens with zero attached hydrogens (tertiary/aromatic N) is 5. The van der Waals surface area contributed by atoms with Gasteiger partial charge in [-0.25, -0.2) is 44.6 Å². The Bertz CT molecular complexity index is 2410. The maximum Gasteiger partial charge on any atom is 0.407 e. The highest BCUT2D eigenvalue weighted by atomic mass is 32.2. The Morgan fingerprint density at radius 2 is 1.68 bits per heavy atom. The number of piperidine rings is 2. The summed E-state index contributed by atoms with van der Waals surface area (Å²) in [7, 11) is -6.22. The van der Waals surface area contributed by atoms with Crippen LogP contribution in [0, 0.1) is 35.2 Å². The minimum Gasteiger partial charge on any atom is -0.453 e. The lowest BCUT2D eigenvalue weighted by molar-refractivity contribution is 0.0460. The quantitative estimate of drug-likeness (QED) is 0.273. The van der Waals surface area contributed by atoms with Crippen LogP contribution in [0.1, 0.15) is 61.9 Å². The second-order valence-electron chi connectivity index (χ2n) is 17.6. The van der Waals surface area contributed by atoms with Crippen LogP contribution in [0.4, 0.5) is 28.4 Å². The van der Waals surface area contributed by atoms with E-state index in [9.17, 15) is 26.4 Å². The molecule has 4 fully saturated rings. The van der Waals surface area contributed by atoms with E-state index in [1.165, 1.54) is 18.1 Å². The molecule has 2 aromatic carbocycles. The average molecular weight is 902 g/mol. The molecule has 0 unspecified atom stereocenters. The van der Waals surface area contributed by atoms with E-state index >= 15 is 13.2 Å². The molecule has 5 aliphatic rings. The van der Waals surface area contributed by atoms with Crippen LogP contribution in [0.5, 0.6) is 0 Å². The van der Waals surface area contributed by atoms with Gasteiger partial charge in [0.2, 0.25) is 0 Å². The smallest absolute Gasteiger partial charge is 0.407 e. The topological polar surface area (TPSA) is 163 Å². The van der Waals surface area contributed by atoms with Gasteiger partial charge in [0.1, 0.15) is 17.3 Å². The largest absolute Gasteiger partial charge is 0.453 e. The first kappa shape index (κ1) is 44.0. The second kappa shape index (κ2) is 17.5. The first-order chi connectivity index (χ1) is 29.6. The Hall–Kier alpha value is -4.62. The van der Waals surface area contributed by atoms with Crippen LogP contribution < -0.4 is 15.5 Å². The standard InChI is InChI=1S/C43H54F3N7O7S2/c1-60-42(55)49-38-8-3-7-35(38)43(31-18-28(19-32(44)21-31)20-39-47-12-16-53(39)43)30-9-14-50(15-10-30)24-29-25-52(26-29)40-36(45)22-34(23-37(40)46)62(58,59)33-6-4-13-51(27-33)41(54)48-11-5-17-61(2,56)57/h5,12,16-19,21-23,29-30,33,35,38H,3-4,6-11,13-15,20,24-27H2,1-2H3,(H,48,54)(H,49,55)/b17-5+/t33-,35+,38+,43-/m1/s1. The summed E-state index contributed by atoms with van der Waals surface area (Å²) in [5, 5.41) is 5.54. The lowest BCUT2D eigenvalue weighted by Gasteiger charge is -2.52. The molecule has 1 aliphatic carbocycles. The fourth-order valence-corrected chi connectivity index (χ4v) is 13.2. The van der Waals surface area contributed by atoms with E-state index in [1.54, 1.807) is 23.2 Å². The number of fused-ring (bicyclic) bond motifs is 3. The van der Waals surface area contributed by atoms with Crippen molar-refractivity contribution in [3.8, 4) is 0 Å². The van der Waals surface area contributed by atoms with Gasteiger partial charge < -0.3 is 34.6 Å². The molecule has 62 heavy (non-hydrogen) atoms. The number of rotatable bonds is 11. The third-order valence-electron chi connectivity index (χ3n) is 13.6.